The van der Waals surface area contributed by atoms with Gasteiger partial charge < -0.3 is 5.32 Å². The molecule has 1 rings (SSSR count). The van der Waals surface area contributed by atoms with E-state index in [2.05, 4.69) is 5.32 Å². The molecule has 0 spiro atoms. The van der Waals surface area contributed by atoms with Crippen molar-refractivity contribution in [1.82, 2.24) is 5.32 Å². The van der Waals surface area contributed by atoms with Gasteiger partial charge in [-0.05, 0) is 19.0 Å². The quantitative estimate of drug-likeness (QED) is 0.810. The van der Waals surface area contributed by atoms with Crippen LogP contribution in [0.5, 0.6) is 0 Å². The van der Waals surface area contributed by atoms with Crippen molar-refractivity contribution in [3.05, 3.63) is 41.0 Å². The van der Waals surface area contributed by atoms with Crippen LogP contribution >= 0.6 is 0 Å². The molecule has 1 aromatic carbocycles. The average molecular weight is 225 g/mol. The maximum absolute atomic E-state index is 13.4. The minimum absolute atomic E-state index is 0.315. The highest BCUT2D eigenvalue weighted by Gasteiger charge is 2.05. The topological polar surface area (TPSA) is 12.0 Å². The Hall–Kier alpha value is -1.22. The first-order valence-corrected chi connectivity index (χ1v) is 5.53. The summed E-state index contributed by atoms with van der Waals surface area (Å²) in [4.78, 5) is 0. The van der Waals surface area contributed by atoms with Gasteiger partial charge in [0.1, 0.15) is 0 Å². The second kappa shape index (κ2) is 6.38. The van der Waals surface area contributed by atoms with Crippen molar-refractivity contribution in [3.8, 4) is 0 Å². The highest BCUT2D eigenvalue weighted by molar-refractivity contribution is 5.53. The normalized spacial score (nSPS) is 11.9. The van der Waals surface area contributed by atoms with E-state index >= 15 is 0 Å². The fraction of sp³-hybridized carbons (Fsp3) is 0.385. The third-order valence-electron chi connectivity index (χ3n) is 2.40. The molecule has 0 fully saturated rings. The molecule has 0 saturated carbocycles. The van der Waals surface area contributed by atoms with Gasteiger partial charge in [0.05, 0.1) is 0 Å². The minimum Gasteiger partial charge on any atom is -0.313 e. The van der Waals surface area contributed by atoms with Crippen LogP contribution in [-0.4, -0.2) is 13.1 Å². The summed E-state index contributed by atoms with van der Waals surface area (Å²) in [5.41, 5.74) is 1.38. The van der Waals surface area contributed by atoms with Crippen molar-refractivity contribution in [3.63, 3.8) is 0 Å². The molecule has 0 aliphatic rings. The number of likely N-dealkylation sites (N-methyl/N-ethyl adjacent to an activating group) is 1. The molecule has 1 N–H and O–H groups in total. The number of halogens is 2. The summed E-state index contributed by atoms with van der Waals surface area (Å²) in [7, 11) is 0. The number of hydrogen-bond acceptors (Lipinski definition) is 1. The van der Waals surface area contributed by atoms with Gasteiger partial charge in [-0.15, -0.1) is 0 Å². The number of nitrogens with one attached hydrogen (secondary N) is 1. The third-order valence-corrected chi connectivity index (χ3v) is 2.40. The van der Waals surface area contributed by atoms with Crippen LogP contribution in [0, 0.1) is 11.6 Å². The average Bonchev–Trinajstić information content (AvgIpc) is 2.30. The zero-order valence-electron chi connectivity index (χ0n) is 9.69. The van der Waals surface area contributed by atoms with Gasteiger partial charge in [-0.25, -0.2) is 8.78 Å². The van der Waals surface area contributed by atoms with Gasteiger partial charge in [-0.2, -0.15) is 0 Å². The van der Waals surface area contributed by atoms with E-state index < -0.39 is 11.6 Å². The van der Waals surface area contributed by atoms with Crippen LogP contribution in [0.2, 0.25) is 0 Å². The van der Waals surface area contributed by atoms with E-state index in [1.807, 2.05) is 13.8 Å². The third kappa shape index (κ3) is 3.42. The fourth-order valence-electron chi connectivity index (χ4n) is 1.42. The van der Waals surface area contributed by atoms with Crippen molar-refractivity contribution >= 4 is 6.08 Å². The van der Waals surface area contributed by atoms with Crippen LogP contribution in [0.3, 0.4) is 0 Å². The van der Waals surface area contributed by atoms with Gasteiger partial charge in [-0.1, -0.05) is 37.6 Å². The Morgan fingerprint density at radius 3 is 2.69 bits per heavy atom. The standard InChI is InChI=1S/C13H17F2N/c1-3-10(9-16-4-2)8-11-6-5-7-12(14)13(11)15/h5-8,16H,3-4,9H2,1-2H3. The van der Waals surface area contributed by atoms with Crippen molar-refractivity contribution in [2.75, 3.05) is 13.1 Å². The van der Waals surface area contributed by atoms with Crippen LogP contribution in [0.1, 0.15) is 25.8 Å². The molecule has 0 atom stereocenters. The van der Waals surface area contributed by atoms with Crippen molar-refractivity contribution in [1.29, 1.82) is 0 Å². The molecule has 16 heavy (non-hydrogen) atoms. The smallest absolute Gasteiger partial charge is 0.166 e. The van der Waals surface area contributed by atoms with E-state index in [4.69, 9.17) is 0 Å². The SMILES string of the molecule is CCNCC(=Cc1cccc(F)c1F)CC. The van der Waals surface area contributed by atoms with E-state index in [0.717, 1.165) is 24.6 Å². The molecule has 1 nitrogen and oxygen atoms in total. The van der Waals surface area contributed by atoms with Crippen LogP contribution in [0.25, 0.3) is 6.08 Å². The first-order chi connectivity index (χ1) is 7.69. The first kappa shape index (κ1) is 12.8. The molecule has 0 bridgehead atoms. The molecule has 88 valence electrons. The van der Waals surface area contributed by atoms with Crippen LogP contribution in [0.15, 0.2) is 23.8 Å². The Labute approximate surface area is 95.2 Å². The molecule has 0 saturated heterocycles. The van der Waals surface area contributed by atoms with Gasteiger partial charge in [0, 0.05) is 12.1 Å². The minimum atomic E-state index is -0.798. The zero-order valence-corrected chi connectivity index (χ0v) is 9.69. The van der Waals surface area contributed by atoms with Gasteiger partial charge in [0.15, 0.2) is 11.6 Å². The first-order valence-electron chi connectivity index (χ1n) is 5.53. The van der Waals surface area contributed by atoms with Gasteiger partial charge in [-0.3, -0.25) is 0 Å². The predicted octanol–water partition coefficient (Wildman–Crippen LogP) is 3.37. The van der Waals surface area contributed by atoms with Crippen LogP contribution < -0.4 is 5.32 Å². The lowest BCUT2D eigenvalue weighted by Crippen LogP contribution is -2.15. The Bertz CT molecular complexity index is 372. The van der Waals surface area contributed by atoms with Crippen LogP contribution in [0.4, 0.5) is 8.78 Å². The Morgan fingerprint density at radius 2 is 2.06 bits per heavy atom. The van der Waals surface area contributed by atoms with E-state index in [1.54, 1.807) is 12.1 Å². The summed E-state index contributed by atoms with van der Waals surface area (Å²) in [6.07, 6.45) is 2.53. The van der Waals surface area contributed by atoms with Crippen molar-refractivity contribution in [2.45, 2.75) is 20.3 Å². The van der Waals surface area contributed by atoms with E-state index in [1.165, 1.54) is 6.07 Å². The second-order valence-corrected chi connectivity index (χ2v) is 3.58. The maximum Gasteiger partial charge on any atom is 0.166 e. The lowest BCUT2D eigenvalue weighted by atomic mass is 10.1. The van der Waals surface area contributed by atoms with Crippen molar-refractivity contribution in [2.24, 2.45) is 0 Å². The number of hydrogen-bond donors (Lipinski definition) is 1. The highest BCUT2D eigenvalue weighted by atomic mass is 19.2. The molecule has 0 heterocycles. The summed E-state index contributed by atoms with van der Waals surface area (Å²) in [5, 5.41) is 3.17. The Kier molecular flexibility index (Phi) is 5.12. The maximum atomic E-state index is 13.4. The predicted molar refractivity (Wildman–Crippen MR) is 63.2 cm³/mol. The molecule has 0 aliphatic carbocycles. The van der Waals surface area contributed by atoms with E-state index in [0.29, 0.717) is 12.1 Å². The van der Waals surface area contributed by atoms with Gasteiger partial charge in [0.25, 0.3) is 0 Å². The lowest BCUT2D eigenvalue weighted by Gasteiger charge is -2.06. The molecule has 3 heteroatoms. The highest BCUT2D eigenvalue weighted by Crippen LogP contribution is 2.15. The molecule has 0 radical (unpaired) electrons. The summed E-state index contributed by atoms with van der Waals surface area (Å²) >= 11 is 0. The fourth-order valence-corrected chi connectivity index (χ4v) is 1.42. The summed E-state index contributed by atoms with van der Waals surface area (Å²) in [5.74, 6) is -1.57. The van der Waals surface area contributed by atoms with Crippen LogP contribution in [-0.2, 0) is 0 Å². The largest absolute Gasteiger partial charge is 0.313 e. The molecule has 1 aromatic rings. The molecule has 0 aliphatic heterocycles. The Morgan fingerprint density at radius 1 is 1.31 bits per heavy atom. The summed E-state index contributed by atoms with van der Waals surface area (Å²) < 4.78 is 26.3. The second-order valence-electron chi connectivity index (χ2n) is 3.58. The molecule has 0 amide bonds. The lowest BCUT2D eigenvalue weighted by molar-refractivity contribution is 0.507. The molecule has 0 aromatic heterocycles. The number of benzene rings is 1. The number of rotatable bonds is 5. The van der Waals surface area contributed by atoms with Gasteiger partial charge in [0.2, 0.25) is 0 Å². The summed E-state index contributed by atoms with van der Waals surface area (Å²) in [6, 6.07) is 4.23. The van der Waals surface area contributed by atoms with Crippen molar-refractivity contribution < 1.29 is 8.78 Å². The monoisotopic (exact) mass is 225 g/mol. The molecular formula is C13H17F2N. The molecular weight excluding hydrogens is 208 g/mol. The molecule has 0 unspecified atom stereocenters. The van der Waals surface area contributed by atoms with E-state index in [9.17, 15) is 8.78 Å². The summed E-state index contributed by atoms with van der Waals surface area (Å²) in [6.45, 7) is 5.59. The van der Waals surface area contributed by atoms with Gasteiger partial charge >= 0.3 is 0 Å². The Balaban J connectivity index is 2.90. The zero-order chi connectivity index (χ0) is 12.0. The van der Waals surface area contributed by atoms with E-state index in [-0.39, 0.29) is 0 Å².